The van der Waals surface area contributed by atoms with Crippen LogP contribution in [0, 0.1) is 23.2 Å². The van der Waals surface area contributed by atoms with Crippen LogP contribution in [0.4, 0.5) is 0 Å². The molecule has 5 rings (SSSR count). The first-order chi connectivity index (χ1) is 12.1. The number of methoxy groups -OCH3 is 1. The van der Waals surface area contributed by atoms with Gasteiger partial charge in [0.2, 0.25) is 0 Å². The minimum Gasteiger partial charge on any atom is -0.493 e. The lowest BCUT2D eigenvalue weighted by Crippen LogP contribution is -2.54. The lowest BCUT2D eigenvalue weighted by atomic mass is 9.48. The lowest BCUT2D eigenvalue weighted by molar-refractivity contribution is -0.0706. The van der Waals surface area contributed by atoms with Crippen molar-refractivity contribution < 1.29 is 9.47 Å². The molecule has 0 amide bonds. The molecule has 25 heavy (non-hydrogen) atoms. The first kappa shape index (κ1) is 17.2. The van der Waals surface area contributed by atoms with Gasteiger partial charge in [-0.3, -0.25) is 0 Å². The van der Waals surface area contributed by atoms with E-state index in [0.717, 1.165) is 35.8 Å². The van der Waals surface area contributed by atoms with E-state index < -0.39 is 0 Å². The fourth-order valence-electron chi connectivity index (χ4n) is 6.29. The van der Waals surface area contributed by atoms with Crippen molar-refractivity contribution >= 4 is 0 Å². The molecule has 3 heteroatoms. The van der Waals surface area contributed by atoms with Crippen LogP contribution in [0.1, 0.15) is 57.9 Å². The summed E-state index contributed by atoms with van der Waals surface area (Å²) in [4.78, 5) is 0. The third-order valence-corrected chi connectivity index (χ3v) is 7.14. The molecule has 1 N–H and O–H groups in total. The van der Waals surface area contributed by atoms with Crippen LogP contribution in [0.3, 0.4) is 0 Å². The van der Waals surface area contributed by atoms with E-state index in [2.05, 4.69) is 24.4 Å². The van der Waals surface area contributed by atoms with Gasteiger partial charge >= 0.3 is 0 Å². The first-order valence-electron chi connectivity index (χ1n) is 10.1. The van der Waals surface area contributed by atoms with E-state index >= 15 is 0 Å². The summed E-state index contributed by atoms with van der Waals surface area (Å²) in [6.07, 6.45) is 8.92. The first-order valence-corrected chi connectivity index (χ1v) is 10.1. The Morgan fingerprint density at radius 2 is 1.72 bits per heavy atom. The number of ether oxygens (including phenoxy) is 2. The van der Waals surface area contributed by atoms with Gasteiger partial charge < -0.3 is 14.8 Å². The fourth-order valence-corrected chi connectivity index (χ4v) is 6.29. The standard InChI is InChI=1S/C22H33NO2/c1-4-25-21-10-16(5-6-20(21)24-3)14-23-15(2)22-11-17-7-18(12-22)9-19(8-17)13-22/h5-6,10,15,17-19,23H,4,7-9,11-14H2,1-3H3. The van der Waals surface area contributed by atoms with Crippen molar-refractivity contribution in [2.75, 3.05) is 13.7 Å². The van der Waals surface area contributed by atoms with Crippen molar-refractivity contribution in [1.82, 2.24) is 5.32 Å². The minimum atomic E-state index is 0.559. The van der Waals surface area contributed by atoms with Crippen LogP contribution < -0.4 is 14.8 Å². The minimum absolute atomic E-state index is 0.559. The van der Waals surface area contributed by atoms with Crippen LogP contribution in [-0.4, -0.2) is 19.8 Å². The van der Waals surface area contributed by atoms with Crippen LogP contribution in [0.15, 0.2) is 18.2 Å². The summed E-state index contributed by atoms with van der Waals surface area (Å²) in [7, 11) is 1.70. The number of rotatable bonds is 7. The van der Waals surface area contributed by atoms with E-state index in [1.165, 1.54) is 44.1 Å². The zero-order valence-electron chi connectivity index (χ0n) is 16.0. The van der Waals surface area contributed by atoms with Crippen LogP contribution >= 0.6 is 0 Å². The number of nitrogens with one attached hydrogen (secondary N) is 1. The van der Waals surface area contributed by atoms with Gasteiger partial charge in [-0.05, 0) is 93.2 Å². The Hall–Kier alpha value is -1.22. The van der Waals surface area contributed by atoms with Gasteiger partial charge in [0.15, 0.2) is 11.5 Å². The highest BCUT2D eigenvalue weighted by atomic mass is 16.5. The van der Waals surface area contributed by atoms with E-state index in [1.807, 2.05) is 13.0 Å². The monoisotopic (exact) mass is 343 g/mol. The third kappa shape index (κ3) is 3.28. The summed E-state index contributed by atoms with van der Waals surface area (Å²) in [5.74, 6) is 4.72. The molecule has 4 saturated carbocycles. The Morgan fingerprint density at radius 3 is 2.28 bits per heavy atom. The second-order valence-electron chi connectivity index (χ2n) is 8.80. The van der Waals surface area contributed by atoms with Gasteiger partial charge in [-0.2, -0.15) is 0 Å². The third-order valence-electron chi connectivity index (χ3n) is 7.14. The maximum absolute atomic E-state index is 5.72. The van der Waals surface area contributed by atoms with Gasteiger partial charge in [-0.25, -0.2) is 0 Å². The Balaban J connectivity index is 1.42. The van der Waals surface area contributed by atoms with Crippen molar-refractivity contribution in [1.29, 1.82) is 0 Å². The molecule has 138 valence electrons. The summed E-state index contributed by atoms with van der Waals surface area (Å²) in [5, 5.41) is 3.87. The summed E-state index contributed by atoms with van der Waals surface area (Å²) in [6.45, 7) is 6.02. The summed E-state index contributed by atoms with van der Waals surface area (Å²) < 4.78 is 11.1. The Bertz CT molecular complexity index is 577. The second-order valence-corrected chi connectivity index (χ2v) is 8.80. The van der Waals surface area contributed by atoms with E-state index in [0.29, 0.717) is 18.1 Å². The molecular formula is C22H33NO2. The summed E-state index contributed by atoms with van der Waals surface area (Å²) >= 11 is 0. The van der Waals surface area contributed by atoms with Crippen LogP contribution in [-0.2, 0) is 6.54 Å². The Labute approximate surface area is 152 Å². The zero-order valence-corrected chi connectivity index (χ0v) is 16.0. The number of benzene rings is 1. The van der Waals surface area contributed by atoms with E-state index in [-0.39, 0.29) is 0 Å². The average molecular weight is 344 g/mol. The van der Waals surface area contributed by atoms with Crippen LogP contribution in [0.2, 0.25) is 0 Å². The number of hydrogen-bond donors (Lipinski definition) is 1. The quantitative estimate of drug-likeness (QED) is 0.772. The molecule has 4 fully saturated rings. The Kier molecular flexibility index (Phi) is 4.70. The summed E-state index contributed by atoms with van der Waals surface area (Å²) in [5.41, 5.74) is 1.84. The molecule has 0 aliphatic heterocycles. The maximum atomic E-state index is 5.72. The van der Waals surface area contributed by atoms with Gasteiger partial charge in [-0.1, -0.05) is 6.07 Å². The van der Waals surface area contributed by atoms with Crippen molar-refractivity contribution in [3.8, 4) is 11.5 Å². The molecule has 4 bridgehead atoms. The van der Waals surface area contributed by atoms with Crippen molar-refractivity contribution in [3.63, 3.8) is 0 Å². The number of hydrogen-bond acceptors (Lipinski definition) is 3. The normalized spacial score (nSPS) is 34.1. The zero-order chi connectivity index (χ0) is 17.4. The molecule has 1 aromatic rings. The topological polar surface area (TPSA) is 30.5 Å². The van der Waals surface area contributed by atoms with Crippen LogP contribution in [0.5, 0.6) is 11.5 Å². The van der Waals surface area contributed by atoms with Gasteiger partial charge in [-0.15, -0.1) is 0 Å². The van der Waals surface area contributed by atoms with Gasteiger partial charge in [0, 0.05) is 12.6 Å². The highest BCUT2D eigenvalue weighted by Gasteiger charge is 2.52. The molecule has 0 spiro atoms. The fraction of sp³-hybridized carbons (Fsp3) is 0.727. The second kappa shape index (κ2) is 6.83. The molecule has 3 nitrogen and oxygen atoms in total. The molecular weight excluding hydrogens is 310 g/mol. The average Bonchev–Trinajstić information content (AvgIpc) is 2.59. The van der Waals surface area contributed by atoms with Gasteiger partial charge in [0.1, 0.15) is 0 Å². The molecule has 0 heterocycles. The molecule has 0 radical (unpaired) electrons. The van der Waals surface area contributed by atoms with Crippen molar-refractivity contribution in [3.05, 3.63) is 23.8 Å². The maximum Gasteiger partial charge on any atom is 0.161 e. The highest BCUT2D eigenvalue weighted by Crippen LogP contribution is 2.61. The van der Waals surface area contributed by atoms with Crippen LogP contribution in [0.25, 0.3) is 0 Å². The molecule has 4 aliphatic rings. The predicted molar refractivity (Wildman–Crippen MR) is 101 cm³/mol. The van der Waals surface area contributed by atoms with Crippen molar-refractivity contribution in [2.45, 2.75) is 65.0 Å². The highest BCUT2D eigenvalue weighted by molar-refractivity contribution is 5.43. The largest absolute Gasteiger partial charge is 0.493 e. The molecule has 1 unspecified atom stereocenters. The molecule has 0 aromatic heterocycles. The molecule has 4 aliphatic carbocycles. The molecule has 1 aromatic carbocycles. The Morgan fingerprint density at radius 1 is 1.08 bits per heavy atom. The predicted octanol–water partition coefficient (Wildman–Crippen LogP) is 4.79. The van der Waals surface area contributed by atoms with E-state index in [4.69, 9.17) is 9.47 Å². The van der Waals surface area contributed by atoms with Gasteiger partial charge in [0.05, 0.1) is 13.7 Å². The summed E-state index contributed by atoms with van der Waals surface area (Å²) in [6, 6.07) is 6.90. The SMILES string of the molecule is CCOc1cc(CNC(C)C23CC4CC(CC(C4)C2)C3)ccc1OC. The van der Waals surface area contributed by atoms with Gasteiger partial charge in [0.25, 0.3) is 0 Å². The van der Waals surface area contributed by atoms with E-state index in [1.54, 1.807) is 7.11 Å². The smallest absolute Gasteiger partial charge is 0.161 e. The molecule has 1 atom stereocenters. The van der Waals surface area contributed by atoms with Crippen molar-refractivity contribution in [2.24, 2.45) is 23.2 Å². The lowest BCUT2D eigenvalue weighted by Gasteiger charge is -2.59. The van der Waals surface area contributed by atoms with E-state index in [9.17, 15) is 0 Å². The molecule has 0 saturated heterocycles.